The van der Waals surface area contributed by atoms with Gasteiger partial charge in [-0.15, -0.1) is 0 Å². The molecular formula is C18H18BrF3N2O. The van der Waals surface area contributed by atoms with E-state index < -0.39 is 24.7 Å². The van der Waals surface area contributed by atoms with Crippen LogP contribution in [0.1, 0.15) is 30.1 Å². The lowest BCUT2D eigenvalue weighted by atomic mass is 10.1. The van der Waals surface area contributed by atoms with Crippen LogP contribution in [0.4, 0.5) is 13.2 Å². The highest BCUT2D eigenvalue weighted by atomic mass is 79.9. The maximum atomic E-state index is 13.2. The van der Waals surface area contributed by atoms with Gasteiger partial charge in [-0.1, -0.05) is 58.4 Å². The summed E-state index contributed by atoms with van der Waals surface area (Å²) in [4.78, 5) is 12.0. The van der Waals surface area contributed by atoms with E-state index in [-0.39, 0.29) is 11.6 Å². The highest BCUT2D eigenvalue weighted by Gasteiger charge is 2.40. The molecule has 2 rings (SSSR count). The van der Waals surface area contributed by atoms with Crippen LogP contribution in [0.15, 0.2) is 59.1 Å². The van der Waals surface area contributed by atoms with Crippen molar-refractivity contribution in [3.05, 3.63) is 70.2 Å². The van der Waals surface area contributed by atoms with Crippen molar-refractivity contribution in [2.45, 2.75) is 25.2 Å². The first kappa shape index (κ1) is 19.5. The third kappa shape index (κ3) is 5.86. The number of hydrogen-bond acceptors (Lipinski definition) is 2. The number of nitrogens with one attached hydrogen (secondary N) is 2. The first-order valence-corrected chi connectivity index (χ1v) is 8.46. The van der Waals surface area contributed by atoms with Gasteiger partial charge in [0.05, 0.1) is 12.6 Å². The molecule has 2 aromatic rings. The molecule has 2 aromatic carbocycles. The summed E-state index contributed by atoms with van der Waals surface area (Å²) in [5.74, 6) is -0.499. The summed E-state index contributed by atoms with van der Waals surface area (Å²) in [6, 6.07) is 12.6. The lowest BCUT2D eigenvalue weighted by Gasteiger charge is -2.22. The Morgan fingerprint density at radius 2 is 1.64 bits per heavy atom. The minimum absolute atomic E-state index is 0.0729. The molecule has 2 unspecified atom stereocenters. The Labute approximate surface area is 152 Å². The van der Waals surface area contributed by atoms with Gasteiger partial charge in [-0.05, 0) is 30.2 Å². The second-order valence-electron chi connectivity index (χ2n) is 5.61. The van der Waals surface area contributed by atoms with Gasteiger partial charge in [0, 0.05) is 4.47 Å². The topological polar surface area (TPSA) is 41.1 Å². The van der Waals surface area contributed by atoms with Crippen LogP contribution in [-0.4, -0.2) is 18.6 Å². The zero-order valence-electron chi connectivity index (χ0n) is 13.5. The Bertz CT molecular complexity index is 690. The van der Waals surface area contributed by atoms with Gasteiger partial charge < -0.3 is 5.32 Å². The molecule has 0 radical (unpaired) electrons. The standard InChI is InChI=1S/C18H18BrF3N2O/c1-12(13-7-9-15(19)10-8-13)24-16(25)11-23-17(18(20,21)22)14-5-3-2-4-6-14/h2-10,12,17,23H,11H2,1H3,(H,24,25). The number of benzene rings is 2. The molecule has 0 saturated heterocycles. The van der Waals surface area contributed by atoms with Crippen LogP contribution in [0.25, 0.3) is 0 Å². The number of rotatable bonds is 6. The minimum atomic E-state index is -4.49. The summed E-state index contributed by atoms with van der Waals surface area (Å²) in [7, 11) is 0. The number of carbonyl (C=O) groups excluding carboxylic acids is 1. The third-order valence-electron chi connectivity index (χ3n) is 3.67. The molecule has 0 aromatic heterocycles. The van der Waals surface area contributed by atoms with Crippen LogP contribution in [0, 0.1) is 0 Å². The van der Waals surface area contributed by atoms with Gasteiger partial charge in [0.15, 0.2) is 0 Å². The van der Waals surface area contributed by atoms with E-state index in [4.69, 9.17) is 0 Å². The number of amides is 1. The van der Waals surface area contributed by atoms with Gasteiger partial charge in [0.1, 0.15) is 6.04 Å². The second-order valence-corrected chi connectivity index (χ2v) is 6.52. The van der Waals surface area contributed by atoms with E-state index in [2.05, 4.69) is 26.6 Å². The SMILES string of the molecule is CC(NC(=O)CNC(c1ccccc1)C(F)(F)F)c1ccc(Br)cc1. The average Bonchev–Trinajstić information content (AvgIpc) is 2.55. The van der Waals surface area contributed by atoms with E-state index in [0.717, 1.165) is 10.0 Å². The molecule has 0 fully saturated rings. The van der Waals surface area contributed by atoms with E-state index in [1.54, 1.807) is 13.0 Å². The van der Waals surface area contributed by atoms with Crippen LogP contribution < -0.4 is 10.6 Å². The summed E-state index contributed by atoms with van der Waals surface area (Å²) in [5.41, 5.74) is 0.940. The van der Waals surface area contributed by atoms with E-state index >= 15 is 0 Å². The van der Waals surface area contributed by atoms with E-state index in [1.165, 1.54) is 24.3 Å². The van der Waals surface area contributed by atoms with Gasteiger partial charge in [-0.25, -0.2) is 0 Å². The fourth-order valence-corrected chi connectivity index (χ4v) is 2.65. The smallest absolute Gasteiger partial charge is 0.348 e. The molecule has 0 spiro atoms. The minimum Gasteiger partial charge on any atom is -0.348 e. The summed E-state index contributed by atoms with van der Waals surface area (Å²) in [6.07, 6.45) is -4.49. The monoisotopic (exact) mass is 414 g/mol. The van der Waals surface area contributed by atoms with Crippen LogP contribution >= 0.6 is 15.9 Å². The Kier molecular flexibility index (Phi) is 6.61. The number of alkyl halides is 3. The molecular weight excluding hydrogens is 397 g/mol. The predicted octanol–water partition coefficient (Wildman–Crippen LogP) is 4.52. The lowest BCUT2D eigenvalue weighted by molar-refractivity contribution is -0.158. The van der Waals surface area contributed by atoms with Crippen molar-refractivity contribution in [2.24, 2.45) is 0 Å². The third-order valence-corrected chi connectivity index (χ3v) is 4.20. The molecule has 7 heteroatoms. The van der Waals surface area contributed by atoms with E-state index in [0.29, 0.717) is 0 Å². The van der Waals surface area contributed by atoms with Gasteiger partial charge >= 0.3 is 6.18 Å². The normalized spacial score (nSPS) is 14.0. The number of hydrogen-bond donors (Lipinski definition) is 2. The Morgan fingerprint density at radius 3 is 2.20 bits per heavy atom. The molecule has 0 aliphatic rings. The van der Waals surface area contributed by atoms with Gasteiger partial charge in [-0.2, -0.15) is 13.2 Å². The molecule has 25 heavy (non-hydrogen) atoms. The van der Waals surface area contributed by atoms with Crippen molar-refractivity contribution in [1.82, 2.24) is 10.6 Å². The summed E-state index contributed by atoms with van der Waals surface area (Å²) in [6.45, 7) is 1.35. The highest BCUT2D eigenvalue weighted by molar-refractivity contribution is 9.10. The average molecular weight is 415 g/mol. The van der Waals surface area contributed by atoms with Crippen LogP contribution in [0.3, 0.4) is 0 Å². The van der Waals surface area contributed by atoms with Crippen molar-refractivity contribution < 1.29 is 18.0 Å². The van der Waals surface area contributed by atoms with Crippen LogP contribution in [-0.2, 0) is 4.79 Å². The highest BCUT2D eigenvalue weighted by Crippen LogP contribution is 2.32. The Morgan fingerprint density at radius 1 is 1.04 bits per heavy atom. The van der Waals surface area contributed by atoms with Crippen molar-refractivity contribution >= 4 is 21.8 Å². The molecule has 0 bridgehead atoms. The molecule has 0 saturated carbocycles. The molecule has 1 amide bonds. The zero-order valence-corrected chi connectivity index (χ0v) is 15.1. The summed E-state index contributed by atoms with van der Waals surface area (Å²) in [5, 5.41) is 4.99. The van der Waals surface area contributed by atoms with Crippen molar-refractivity contribution in [2.75, 3.05) is 6.54 Å². The Hall–Kier alpha value is -1.86. The van der Waals surface area contributed by atoms with Gasteiger partial charge in [-0.3, -0.25) is 10.1 Å². The van der Waals surface area contributed by atoms with Crippen molar-refractivity contribution in [3.63, 3.8) is 0 Å². The first-order valence-electron chi connectivity index (χ1n) is 7.67. The Balaban J connectivity index is 1.96. The molecule has 3 nitrogen and oxygen atoms in total. The summed E-state index contributed by atoms with van der Waals surface area (Å²) < 4.78 is 40.6. The van der Waals surface area contributed by atoms with Crippen molar-refractivity contribution in [3.8, 4) is 0 Å². The quantitative estimate of drug-likeness (QED) is 0.729. The molecule has 0 aliphatic heterocycles. The molecule has 2 N–H and O–H groups in total. The van der Waals surface area contributed by atoms with Crippen LogP contribution in [0.2, 0.25) is 0 Å². The number of carbonyl (C=O) groups is 1. The molecule has 0 aliphatic carbocycles. The van der Waals surface area contributed by atoms with Gasteiger partial charge in [0.25, 0.3) is 0 Å². The first-order chi connectivity index (χ1) is 11.8. The van der Waals surface area contributed by atoms with E-state index in [9.17, 15) is 18.0 Å². The zero-order chi connectivity index (χ0) is 18.4. The van der Waals surface area contributed by atoms with E-state index in [1.807, 2.05) is 24.3 Å². The van der Waals surface area contributed by atoms with Gasteiger partial charge in [0.2, 0.25) is 5.91 Å². The maximum absolute atomic E-state index is 13.2. The lowest BCUT2D eigenvalue weighted by Crippen LogP contribution is -2.41. The predicted molar refractivity (Wildman–Crippen MR) is 93.9 cm³/mol. The largest absolute Gasteiger partial charge is 0.407 e. The fraction of sp³-hybridized carbons (Fsp3) is 0.278. The summed E-state index contributed by atoms with van der Waals surface area (Å²) >= 11 is 3.32. The van der Waals surface area contributed by atoms with Crippen molar-refractivity contribution in [1.29, 1.82) is 0 Å². The van der Waals surface area contributed by atoms with Crippen LogP contribution in [0.5, 0.6) is 0 Å². The molecule has 0 heterocycles. The second kappa shape index (κ2) is 8.49. The molecule has 2 atom stereocenters. The fourth-order valence-electron chi connectivity index (χ4n) is 2.39. The number of halogens is 4. The maximum Gasteiger partial charge on any atom is 0.407 e. The molecule has 134 valence electrons.